The van der Waals surface area contributed by atoms with Crippen LogP contribution in [0.3, 0.4) is 0 Å². The Bertz CT molecular complexity index is 542. The molecule has 4 aliphatic rings. The van der Waals surface area contributed by atoms with Crippen LogP contribution in [0.15, 0.2) is 46.6 Å². The van der Waals surface area contributed by atoms with E-state index in [0.29, 0.717) is 0 Å². The molecule has 0 N–H and O–H groups in total. The molecular weight excluding hydrogens is 220 g/mol. The third-order valence-electron chi connectivity index (χ3n) is 5.12. The highest BCUT2D eigenvalue weighted by Crippen LogP contribution is 2.51. The van der Waals surface area contributed by atoms with E-state index in [2.05, 4.69) is 12.2 Å². The number of carbonyl (C=O) groups excluding carboxylic acids is 1. The van der Waals surface area contributed by atoms with Crippen LogP contribution in [0.4, 0.5) is 0 Å². The Kier molecular flexibility index (Phi) is 2.23. The summed E-state index contributed by atoms with van der Waals surface area (Å²) in [5.74, 6) is 1.77. The van der Waals surface area contributed by atoms with Crippen molar-refractivity contribution >= 4 is 5.78 Å². The van der Waals surface area contributed by atoms with Gasteiger partial charge in [-0.15, -0.1) is 0 Å². The van der Waals surface area contributed by atoms with Crippen molar-refractivity contribution < 1.29 is 4.79 Å². The normalized spacial score (nSPS) is 33.7. The Morgan fingerprint density at radius 1 is 1.00 bits per heavy atom. The number of allylic oxidation sites excluding steroid dienone is 8. The van der Waals surface area contributed by atoms with Crippen molar-refractivity contribution in [3.05, 3.63) is 46.6 Å². The van der Waals surface area contributed by atoms with Crippen LogP contribution in [0, 0.1) is 11.8 Å². The van der Waals surface area contributed by atoms with E-state index in [0.717, 1.165) is 18.3 Å². The van der Waals surface area contributed by atoms with Crippen molar-refractivity contribution in [3.8, 4) is 0 Å². The maximum Gasteiger partial charge on any atom is 0.178 e. The van der Waals surface area contributed by atoms with E-state index in [9.17, 15) is 4.79 Å². The van der Waals surface area contributed by atoms with Gasteiger partial charge in [0.2, 0.25) is 0 Å². The first kappa shape index (κ1) is 10.5. The van der Waals surface area contributed by atoms with Crippen LogP contribution in [-0.4, -0.2) is 5.78 Å². The van der Waals surface area contributed by atoms with Crippen LogP contribution in [0.2, 0.25) is 0 Å². The molecule has 1 saturated carbocycles. The molecule has 92 valence electrons. The summed E-state index contributed by atoms with van der Waals surface area (Å²) in [6.07, 6.45) is 15.7. The minimum absolute atomic E-state index is 0.171. The molecule has 0 heterocycles. The van der Waals surface area contributed by atoms with Gasteiger partial charge in [-0.1, -0.05) is 23.3 Å². The van der Waals surface area contributed by atoms with Crippen molar-refractivity contribution in [1.29, 1.82) is 0 Å². The molecule has 1 heteroatoms. The van der Waals surface area contributed by atoms with Crippen LogP contribution in [0.5, 0.6) is 0 Å². The minimum Gasteiger partial charge on any atom is -0.290 e. The van der Waals surface area contributed by atoms with Gasteiger partial charge in [-0.05, 0) is 73.7 Å². The molecule has 2 unspecified atom stereocenters. The van der Waals surface area contributed by atoms with Gasteiger partial charge in [0.15, 0.2) is 5.78 Å². The molecule has 0 aromatic carbocycles. The standard InChI is InChI=1S/C17H18O/c18-13-6-9-15-12(10-13)5-8-16-14-3-1-2-11(14)4-7-17(15)16/h2,6,9-10,14,16H,1,3-5,7-8H2. The van der Waals surface area contributed by atoms with Gasteiger partial charge in [-0.3, -0.25) is 4.79 Å². The van der Waals surface area contributed by atoms with Crippen molar-refractivity contribution in [1.82, 2.24) is 0 Å². The summed E-state index contributed by atoms with van der Waals surface area (Å²) in [5.41, 5.74) is 6.10. The van der Waals surface area contributed by atoms with E-state index in [1.807, 2.05) is 6.08 Å². The lowest BCUT2D eigenvalue weighted by molar-refractivity contribution is -0.110. The fraction of sp³-hybridized carbons (Fsp3) is 0.471. The Balaban J connectivity index is 1.79. The molecule has 0 aromatic rings. The highest BCUT2D eigenvalue weighted by molar-refractivity contribution is 6.02. The smallest absolute Gasteiger partial charge is 0.178 e. The molecule has 0 saturated heterocycles. The molecule has 2 atom stereocenters. The fourth-order valence-corrected chi connectivity index (χ4v) is 4.35. The molecule has 1 fully saturated rings. The van der Waals surface area contributed by atoms with Crippen molar-refractivity contribution in [3.63, 3.8) is 0 Å². The summed E-state index contributed by atoms with van der Waals surface area (Å²) in [6.45, 7) is 0. The van der Waals surface area contributed by atoms with Crippen LogP contribution >= 0.6 is 0 Å². The molecule has 4 rings (SSSR count). The quantitative estimate of drug-likeness (QED) is 0.585. The zero-order valence-corrected chi connectivity index (χ0v) is 10.6. The van der Waals surface area contributed by atoms with Gasteiger partial charge < -0.3 is 0 Å². The molecule has 0 aromatic heterocycles. The van der Waals surface area contributed by atoms with Gasteiger partial charge in [0.05, 0.1) is 0 Å². The highest BCUT2D eigenvalue weighted by atomic mass is 16.1. The second kappa shape index (κ2) is 3.81. The van der Waals surface area contributed by atoms with Crippen LogP contribution in [-0.2, 0) is 4.79 Å². The molecule has 1 nitrogen and oxygen atoms in total. The summed E-state index contributed by atoms with van der Waals surface area (Å²) < 4.78 is 0. The Morgan fingerprint density at radius 3 is 2.89 bits per heavy atom. The molecule has 0 radical (unpaired) electrons. The summed E-state index contributed by atoms with van der Waals surface area (Å²) in [6, 6.07) is 0. The summed E-state index contributed by atoms with van der Waals surface area (Å²) in [5, 5.41) is 0. The van der Waals surface area contributed by atoms with Crippen molar-refractivity contribution in [2.24, 2.45) is 11.8 Å². The molecule has 4 aliphatic carbocycles. The van der Waals surface area contributed by atoms with Crippen LogP contribution < -0.4 is 0 Å². The second-order valence-electron chi connectivity index (χ2n) is 5.95. The molecule has 0 bridgehead atoms. The lowest BCUT2D eigenvalue weighted by Gasteiger charge is -2.39. The summed E-state index contributed by atoms with van der Waals surface area (Å²) in [7, 11) is 0. The van der Waals surface area contributed by atoms with Gasteiger partial charge in [-0.25, -0.2) is 0 Å². The van der Waals surface area contributed by atoms with E-state index < -0.39 is 0 Å². The second-order valence-corrected chi connectivity index (χ2v) is 5.95. The molecule has 0 spiro atoms. The first-order valence-electron chi connectivity index (χ1n) is 7.18. The Morgan fingerprint density at radius 2 is 1.94 bits per heavy atom. The summed E-state index contributed by atoms with van der Waals surface area (Å²) in [4.78, 5) is 11.5. The number of ketones is 1. The predicted molar refractivity (Wildman–Crippen MR) is 72.0 cm³/mol. The SMILES string of the molecule is O=C1C=CC2=C3CCC4=CCCC4C3CCC2=C1. The van der Waals surface area contributed by atoms with E-state index in [1.54, 1.807) is 17.2 Å². The van der Waals surface area contributed by atoms with Crippen LogP contribution in [0.1, 0.15) is 38.5 Å². The topological polar surface area (TPSA) is 17.1 Å². The van der Waals surface area contributed by atoms with E-state index in [-0.39, 0.29) is 5.78 Å². The van der Waals surface area contributed by atoms with Gasteiger partial charge >= 0.3 is 0 Å². The van der Waals surface area contributed by atoms with Gasteiger partial charge in [-0.2, -0.15) is 0 Å². The lowest BCUT2D eigenvalue weighted by atomic mass is 9.65. The number of hydrogen-bond acceptors (Lipinski definition) is 1. The average molecular weight is 238 g/mol. The van der Waals surface area contributed by atoms with E-state index in [4.69, 9.17) is 0 Å². The van der Waals surface area contributed by atoms with Gasteiger partial charge in [0.25, 0.3) is 0 Å². The molecule has 0 amide bonds. The fourth-order valence-electron chi connectivity index (χ4n) is 4.35. The predicted octanol–water partition coefficient (Wildman–Crippen LogP) is 3.89. The van der Waals surface area contributed by atoms with Crippen molar-refractivity contribution in [2.45, 2.75) is 38.5 Å². The number of hydrogen-bond donors (Lipinski definition) is 0. The molecular formula is C17H18O. The van der Waals surface area contributed by atoms with Gasteiger partial charge in [0.1, 0.15) is 0 Å². The first-order valence-corrected chi connectivity index (χ1v) is 7.18. The van der Waals surface area contributed by atoms with Crippen LogP contribution in [0.25, 0.3) is 0 Å². The summed E-state index contributed by atoms with van der Waals surface area (Å²) >= 11 is 0. The highest BCUT2D eigenvalue weighted by Gasteiger charge is 2.38. The third-order valence-corrected chi connectivity index (χ3v) is 5.12. The average Bonchev–Trinajstić information content (AvgIpc) is 2.86. The van der Waals surface area contributed by atoms with E-state index >= 15 is 0 Å². The molecule has 18 heavy (non-hydrogen) atoms. The lowest BCUT2D eigenvalue weighted by Crippen LogP contribution is -2.27. The number of carbonyl (C=O) groups is 1. The minimum atomic E-state index is 0.171. The number of fused-ring (bicyclic) bond motifs is 4. The first-order chi connectivity index (χ1) is 8.83. The van der Waals surface area contributed by atoms with Crippen molar-refractivity contribution in [2.75, 3.05) is 0 Å². The monoisotopic (exact) mass is 238 g/mol. The maximum absolute atomic E-state index is 11.5. The Labute approximate surface area is 108 Å². The van der Waals surface area contributed by atoms with Gasteiger partial charge in [0, 0.05) is 0 Å². The number of rotatable bonds is 0. The third kappa shape index (κ3) is 1.43. The zero-order chi connectivity index (χ0) is 12.1. The maximum atomic E-state index is 11.5. The zero-order valence-electron chi connectivity index (χ0n) is 10.6. The largest absolute Gasteiger partial charge is 0.290 e. The van der Waals surface area contributed by atoms with E-state index in [1.165, 1.54) is 43.3 Å². The molecule has 0 aliphatic heterocycles. The Hall–Kier alpha value is -1.37.